The Bertz CT molecular complexity index is 719. The van der Waals surface area contributed by atoms with Gasteiger partial charge in [0.15, 0.2) is 0 Å². The van der Waals surface area contributed by atoms with Crippen LogP contribution in [0, 0.1) is 6.92 Å². The van der Waals surface area contributed by atoms with Crippen molar-refractivity contribution in [1.29, 1.82) is 0 Å². The number of benzene rings is 1. The molecule has 5 nitrogen and oxygen atoms in total. The summed E-state index contributed by atoms with van der Waals surface area (Å²) in [6.07, 6.45) is 7.21. The lowest BCUT2D eigenvalue weighted by Gasteiger charge is -2.34. The fraction of sp³-hybridized carbons (Fsp3) is 0.611. The van der Waals surface area contributed by atoms with Gasteiger partial charge in [0.2, 0.25) is 10.0 Å². The van der Waals surface area contributed by atoms with Crippen molar-refractivity contribution < 1.29 is 17.9 Å². The minimum atomic E-state index is -3.54. The van der Waals surface area contributed by atoms with Crippen LogP contribution in [0.2, 0.25) is 0 Å². The molecule has 0 bridgehead atoms. The molecular weight excluding hydrogens is 326 g/mol. The molecule has 24 heavy (non-hydrogen) atoms. The van der Waals surface area contributed by atoms with Crippen molar-refractivity contribution in [2.45, 2.75) is 68.8 Å². The van der Waals surface area contributed by atoms with Crippen molar-refractivity contribution in [3.63, 3.8) is 0 Å². The molecule has 0 N–H and O–H groups in total. The standard InChI is InChI=1S/C18H25NO4S/c1-13-12-14(18(20)23-2)8-11-17(13)24(21,22)19(16-9-10-16)15-6-4-3-5-7-15/h8,11-12,15-16H,3-7,9-10H2,1-2H3. The Balaban J connectivity index is 1.94. The molecule has 2 aliphatic rings. The van der Waals surface area contributed by atoms with Crippen molar-refractivity contribution in [3.8, 4) is 0 Å². The van der Waals surface area contributed by atoms with Crippen LogP contribution in [0.4, 0.5) is 0 Å². The van der Waals surface area contributed by atoms with E-state index in [0.29, 0.717) is 16.0 Å². The molecule has 0 amide bonds. The van der Waals surface area contributed by atoms with Crippen LogP contribution in [-0.4, -0.2) is 37.9 Å². The highest BCUT2D eigenvalue weighted by Gasteiger charge is 2.43. The van der Waals surface area contributed by atoms with E-state index in [2.05, 4.69) is 0 Å². The fourth-order valence-corrected chi connectivity index (χ4v) is 5.79. The minimum Gasteiger partial charge on any atom is -0.465 e. The van der Waals surface area contributed by atoms with Crippen molar-refractivity contribution in [1.82, 2.24) is 4.31 Å². The molecule has 0 spiro atoms. The smallest absolute Gasteiger partial charge is 0.337 e. The van der Waals surface area contributed by atoms with Gasteiger partial charge in [-0.2, -0.15) is 4.31 Å². The first kappa shape index (κ1) is 17.4. The number of aryl methyl sites for hydroxylation is 1. The summed E-state index contributed by atoms with van der Waals surface area (Å²) in [6, 6.07) is 4.96. The van der Waals surface area contributed by atoms with E-state index >= 15 is 0 Å². The third-order valence-electron chi connectivity index (χ3n) is 4.99. The summed E-state index contributed by atoms with van der Waals surface area (Å²) in [5.74, 6) is -0.451. The number of hydrogen-bond acceptors (Lipinski definition) is 4. The van der Waals surface area contributed by atoms with Crippen LogP contribution < -0.4 is 0 Å². The second-order valence-corrected chi connectivity index (χ2v) is 8.64. The van der Waals surface area contributed by atoms with Crippen LogP contribution in [0.1, 0.15) is 60.9 Å². The molecule has 2 aliphatic carbocycles. The van der Waals surface area contributed by atoms with E-state index in [1.54, 1.807) is 23.4 Å². The van der Waals surface area contributed by atoms with E-state index < -0.39 is 16.0 Å². The topological polar surface area (TPSA) is 63.7 Å². The van der Waals surface area contributed by atoms with Crippen LogP contribution >= 0.6 is 0 Å². The summed E-state index contributed by atoms with van der Waals surface area (Å²) in [7, 11) is -2.22. The minimum absolute atomic E-state index is 0.121. The largest absolute Gasteiger partial charge is 0.465 e. The van der Waals surface area contributed by atoms with Crippen molar-refractivity contribution >= 4 is 16.0 Å². The molecule has 0 aliphatic heterocycles. The predicted octanol–water partition coefficient (Wildman–Crippen LogP) is 3.27. The zero-order valence-electron chi connectivity index (χ0n) is 14.3. The van der Waals surface area contributed by atoms with Crippen LogP contribution in [0.25, 0.3) is 0 Å². The maximum absolute atomic E-state index is 13.3. The van der Waals surface area contributed by atoms with Gasteiger partial charge in [0.25, 0.3) is 0 Å². The van der Waals surface area contributed by atoms with Gasteiger partial charge >= 0.3 is 5.97 Å². The highest BCUT2D eigenvalue weighted by Crippen LogP contribution is 2.38. The summed E-state index contributed by atoms with van der Waals surface area (Å²) < 4.78 is 33.1. The molecule has 0 saturated heterocycles. The van der Waals surface area contributed by atoms with E-state index in [4.69, 9.17) is 4.74 Å². The molecule has 0 atom stereocenters. The van der Waals surface area contributed by atoms with Crippen LogP contribution in [0.15, 0.2) is 23.1 Å². The zero-order chi connectivity index (χ0) is 17.3. The third kappa shape index (κ3) is 3.35. The molecule has 6 heteroatoms. The first-order valence-electron chi connectivity index (χ1n) is 8.67. The molecule has 1 aromatic rings. The van der Waals surface area contributed by atoms with Gasteiger partial charge in [-0.15, -0.1) is 0 Å². The predicted molar refractivity (Wildman–Crippen MR) is 91.4 cm³/mol. The monoisotopic (exact) mass is 351 g/mol. The second-order valence-electron chi connectivity index (χ2n) is 6.83. The van der Waals surface area contributed by atoms with Gasteiger partial charge in [0.05, 0.1) is 17.6 Å². The van der Waals surface area contributed by atoms with Gasteiger partial charge < -0.3 is 4.74 Å². The lowest BCUT2D eigenvalue weighted by molar-refractivity contribution is 0.0600. The number of rotatable bonds is 5. The van der Waals surface area contributed by atoms with E-state index in [1.165, 1.54) is 19.6 Å². The number of esters is 1. The lowest BCUT2D eigenvalue weighted by atomic mass is 9.95. The van der Waals surface area contributed by atoms with Crippen molar-refractivity contribution in [2.24, 2.45) is 0 Å². The zero-order valence-corrected chi connectivity index (χ0v) is 15.1. The number of methoxy groups -OCH3 is 1. The highest BCUT2D eigenvalue weighted by atomic mass is 32.2. The maximum Gasteiger partial charge on any atom is 0.337 e. The number of ether oxygens (including phenoxy) is 1. The number of nitrogens with zero attached hydrogens (tertiary/aromatic N) is 1. The number of carbonyl (C=O) groups is 1. The molecule has 2 fully saturated rings. The quantitative estimate of drug-likeness (QED) is 0.764. The Hall–Kier alpha value is -1.40. The van der Waals surface area contributed by atoms with Crippen molar-refractivity contribution in [3.05, 3.63) is 29.3 Å². The average molecular weight is 351 g/mol. The number of hydrogen-bond donors (Lipinski definition) is 0. The summed E-state index contributed by atoms with van der Waals surface area (Å²) >= 11 is 0. The average Bonchev–Trinajstić information content (AvgIpc) is 3.39. The molecule has 2 saturated carbocycles. The Labute approximate surface area is 144 Å². The molecular formula is C18H25NO4S. The Morgan fingerprint density at radius 3 is 2.25 bits per heavy atom. The number of carbonyl (C=O) groups excluding carboxylic acids is 1. The summed E-state index contributed by atoms with van der Waals surface area (Å²) in [4.78, 5) is 12.0. The molecule has 3 rings (SSSR count). The summed E-state index contributed by atoms with van der Waals surface area (Å²) in [6.45, 7) is 1.74. The Morgan fingerprint density at radius 2 is 1.71 bits per heavy atom. The van der Waals surface area contributed by atoms with Crippen LogP contribution in [0.3, 0.4) is 0 Å². The Morgan fingerprint density at radius 1 is 1.08 bits per heavy atom. The molecule has 0 radical (unpaired) electrons. The lowest BCUT2D eigenvalue weighted by Crippen LogP contribution is -2.43. The molecule has 0 aromatic heterocycles. The molecule has 1 aromatic carbocycles. The fourth-order valence-electron chi connectivity index (χ4n) is 3.65. The third-order valence-corrected chi connectivity index (χ3v) is 7.16. The van der Waals surface area contributed by atoms with Gasteiger partial charge in [0, 0.05) is 12.1 Å². The first-order chi connectivity index (χ1) is 11.4. The van der Waals surface area contributed by atoms with Crippen LogP contribution in [0.5, 0.6) is 0 Å². The van der Waals surface area contributed by atoms with E-state index in [1.807, 2.05) is 0 Å². The first-order valence-corrected chi connectivity index (χ1v) is 10.1. The normalized spacial score (nSPS) is 19.5. The van der Waals surface area contributed by atoms with Gasteiger partial charge in [-0.3, -0.25) is 0 Å². The van der Waals surface area contributed by atoms with Gasteiger partial charge in [-0.25, -0.2) is 13.2 Å². The Kier molecular flexibility index (Phi) is 4.97. The van der Waals surface area contributed by atoms with E-state index in [0.717, 1.165) is 38.5 Å². The summed E-state index contributed by atoms with van der Waals surface area (Å²) in [5.41, 5.74) is 0.976. The maximum atomic E-state index is 13.3. The molecule has 132 valence electrons. The second kappa shape index (κ2) is 6.84. The SMILES string of the molecule is COC(=O)c1ccc(S(=O)(=O)N(C2CCCCC2)C2CC2)c(C)c1. The highest BCUT2D eigenvalue weighted by molar-refractivity contribution is 7.89. The molecule has 0 heterocycles. The summed E-state index contributed by atoms with van der Waals surface area (Å²) in [5, 5.41) is 0. The molecule has 0 unspecified atom stereocenters. The van der Waals surface area contributed by atoms with Crippen molar-refractivity contribution in [2.75, 3.05) is 7.11 Å². The van der Waals surface area contributed by atoms with Gasteiger partial charge in [0.1, 0.15) is 0 Å². The van der Waals surface area contributed by atoms with Gasteiger partial charge in [-0.05, 0) is 56.4 Å². The van der Waals surface area contributed by atoms with E-state index in [-0.39, 0.29) is 12.1 Å². The van der Waals surface area contributed by atoms with Crippen LogP contribution in [-0.2, 0) is 14.8 Å². The van der Waals surface area contributed by atoms with E-state index in [9.17, 15) is 13.2 Å². The number of sulfonamides is 1. The van der Waals surface area contributed by atoms with Gasteiger partial charge in [-0.1, -0.05) is 19.3 Å².